The third kappa shape index (κ3) is 6.83. The number of pyridine rings is 1. The molecule has 1 aromatic carbocycles. The predicted molar refractivity (Wildman–Crippen MR) is 177 cm³/mol. The number of aromatic nitrogens is 3. The summed E-state index contributed by atoms with van der Waals surface area (Å²) in [6.07, 6.45) is -3.44. The Balaban J connectivity index is 1.18. The molecule has 0 spiro atoms. The van der Waals surface area contributed by atoms with Crippen molar-refractivity contribution in [3.63, 3.8) is 0 Å². The molecule has 0 saturated carbocycles. The van der Waals surface area contributed by atoms with Crippen molar-refractivity contribution in [3.05, 3.63) is 73.4 Å². The van der Waals surface area contributed by atoms with Crippen molar-refractivity contribution in [3.8, 4) is 16.9 Å². The van der Waals surface area contributed by atoms with Crippen molar-refractivity contribution >= 4 is 39.1 Å². The Morgan fingerprint density at radius 1 is 1.15 bits per heavy atom. The van der Waals surface area contributed by atoms with Crippen LogP contribution in [0.2, 0.25) is 5.02 Å². The van der Waals surface area contributed by atoms with E-state index in [1.165, 1.54) is 11.3 Å². The van der Waals surface area contributed by atoms with Crippen molar-refractivity contribution in [1.82, 2.24) is 19.4 Å². The third-order valence-electron chi connectivity index (χ3n) is 9.47. The molecule has 0 radical (unpaired) electrons. The van der Waals surface area contributed by atoms with E-state index in [-0.39, 0.29) is 30.3 Å². The van der Waals surface area contributed by atoms with Crippen molar-refractivity contribution in [2.45, 2.75) is 70.8 Å². The Morgan fingerprint density at radius 2 is 1.90 bits per heavy atom. The van der Waals surface area contributed by atoms with Crippen LogP contribution >= 0.6 is 22.9 Å². The van der Waals surface area contributed by atoms with Gasteiger partial charge in [0.2, 0.25) is 0 Å². The van der Waals surface area contributed by atoms with Gasteiger partial charge in [-0.05, 0) is 89.2 Å². The van der Waals surface area contributed by atoms with Gasteiger partial charge in [0.05, 0.1) is 28.0 Å². The fourth-order valence-electron chi connectivity index (χ4n) is 7.14. The van der Waals surface area contributed by atoms with E-state index in [2.05, 4.69) is 9.88 Å². The van der Waals surface area contributed by atoms with Gasteiger partial charge >= 0.3 is 12.1 Å². The summed E-state index contributed by atoms with van der Waals surface area (Å²) in [7, 11) is 1.12. The summed E-state index contributed by atoms with van der Waals surface area (Å²) >= 11 is 7.68. The molecule has 1 aliphatic carbocycles. The second-order valence-electron chi connectivity index (χ2n) is 12.4. The number of nitrogens with zero attached hydrogens (tertiary/aromatic N) is 4. The minimum Gasteiger partial charge on any atom is -0.491 e. The van der Waals surface area contributed by atoms with Crippen LogP contribution in [-0.2, 0) is 24.1 Å². The van der Waals surface area contributed by atoms with Gasteiger partial charge in [0.25, 0.3) is 5.56 Å². The number of alkyl halides is 3. The minimum absolute atomic E-state index is 0.0587. The Bertz CT molecular complexity index is 1900. The number of hydrogen-bond donors (Lipinski definition) is 1. The summed E-state index contributed by atoms with van der Waals surface area (Å²) in [5.41, 5.74) is 3.93. The first-order chi connectivity index (χ1) is 22.8. The largest absolute Gasteiger partial charge is 0.491 e. The second-order valence-corrected chi connectivity index (χ2v) is 13.8. The fraction of sp³-hybridized carbons (Fsp3) is 0.471. The zero-order valence-corrected chi connectivity index (χ0v) is 28.3. The predicted octanol–water partition coefficient (Wildman–Crippen LogP) is 6.71. The number of piperidine rings is 1. The Kier molecular flexibility index (Phi) is 9.85. The first kappa shape index (κ1) is 34.3. The van der Waals surface area contributed by atoms with Crippen LogP contribution in [0.3, 0.4) is 0 Å². The molecule has 2 atom stereocenters. The lowest BCUT2D eigenvalue weighted by atomic mass is 9.86. The van der Waals surface area contributed by atoms with Crippen LogP contribution in [0.1, 0.15) is 52.4 Å². The van der Waals surface area contributed by atoms with Gasteiger partial charge in [-0.3, -0.25) is 14.3 Å². The van der Waals surface area contributed by atoms with Crippen LogP contribution in [0.5, 0.6) is 5.75 Å². The molecule has 0 amide bonds. The van der Waals surface area contributed by atoms with Gasteiger partial charge in [0.15, 0.2) is 6.10 Å². The molecule has 0 bridgehead atoms. The summed E-state index contributed by atoms with van der Waals surface area (Å²) < 4.78 is 53.6. The molecule has 1 N–H and O–H groups in total. The van der Waals surface area contributed by atoms with E-state index in [4.69, 9.17) is 26.1 Å². The van der Waals surface area contributed by atoms with Crippen molar-refractivity contribution in [1.29, 1.82) is 0 Å². The number of aryl methyl sites for hydroxylation is 3. The molecule has 6 rings (SSSR count). The molecule has 48 heavy (non-hydrogen) atoms. The number of rotatable bonds is 9. The van der Waals surface area contributed by atoms with Gasteiger partial charge < -0.3 is 19.5 Å². The van der Waals surface area contributed by atoms with E-state index < -0.39 is 24.2 Å². The van der Waals surface area contributed by atoms with E-state index in [0.717, 1.165) is 24.8 Å². The van der Waals surface area contributed by atoms with Gasteiger partial charge in [-0.2, -0.15) is 13.2 Å². The van der Waals surface area contributed by atoms with Crippen molar-refractivity contribution in [2.24, 2.45) is 5.92 Å². The molecule has 0 unspecified atom stereocenters. The zero-order valence-electron chi connectivity index (χ0n) is 26.8. The molecule has 3 aromatic heterocycles. The number of benzene rings is 1. The molecule has 1 fully saturated rings. The van der Waals surface area contributed by atoms with Crippen LogP contribution in [0.4, 0.5) is 13.2 Å². The number of thiophene rings is 1. The highest BCUT2D eigenvalue weighted by Gasteiger charge is 2.46. The Labute approximate surface area is 284 Å². The SMILES string of the molecule is CO[C@@H](C1CCN([C@H]2CCc3nc(C)n(CCOc4ccc(Cl)cc4-c4cc(C)nc5c(C(=O)O)csc45)c(=O)c3C2)CC1)C(F)(F)F. The monoisotopic (exact) mass is 704 g/mol. The van der Waals surface area contributed by atoms with Gasteiger partial charge in [-0.15, -0.1) is 11.3 Å². The maximum atomic E-state index is 13.8. The number of carboxylic acid groups (broad SMARTS) is 1. The molecule has 14 heteroatoms. The third-order valence-corrected chi connectivity index (χ3v) is 10.7. The molecule has 4 heterocycles. The summed E-state index contributed by atoms with van der Waals surface area (Å²) in [5, 5.41) is 11.7. The molecule has 256 valence electrons. The Hall–Kier alpha value is -3.52. The maximum absolute atomic E-state index is 13.8. The number of hydrogen-bond acceptors (Lipinski definition) is 8. The number of carboxylic acids is 1. The average molecular weight is 705 g/mol. The second kappa shape index (κ2) is 13.8. The highest BCUT2D eigenvalue weighted by Crippen LogP contribution is 2.40. The van der Waals surface area contributed by atoms with E-state index in [1.807, 2.05) is 6.07 Å². The van der Waals surface area contributed by atoms with Gasteiger partial charge in [-0.25, -0.2) is 9.78 Å². The summed E-state index contributed by atoms with van der Waals surface area (Å²) in [5.74, 6) is -0.518. The number of likely N-dealkylation sites (tertiary alicyclic amines) is 1. The number of carbonyl (C=O) groups is 1. The molecule has 9 nitrogen and oxygen atoms in total. The van der Waals surface area contributed by atoms with E-state index >= 15 is 0 Å². The highest BCUT2D eigenvalue weighted by atomic mass is 35.5. The highest BCUT2D eigenvalue weighted by molar-refractivity contribution is 7.18. The van der Waals surface area contributed by atoms with E-state index in [1.54, 1.807) is 42.0 Å². The van der Waals surface area contributed by atoms with Gasteiger partial charge in [0, 0.05) is 45.9 Å². The molecule has 1 aliphatic heterocycles. The molecule has 1 saturated heterocycles. The van der Waals surface area contributed by atoms with E-state index in [9.17, 15) is 27.9 Å². The standard InChI is InChI=1S/C34H36ClF3N4O5S/c1-18-14-24(30-29(39-18)26(17-48-30)33(44)45)23-15-21(35)4-7-28(23)47-13-12-42-19(2)40-27-6-5-22(16-25(27)32(42)43)41-10-8-20(9-11-41)31(46-3)34(36,37)38/h4,7,14-15,17,20,22,31H,5-6,8-13,16H2,1-3H3,(H,44,45)/t22-,31-/m0/s1. The molecule has 4 aromatic rings. The van der Waals surface area contributed by atoms with Crippen LogP contribution in [0.15, 0.2) is 34.4 Å². The van der Waals surface area contributed by atoms with Crippen LogP contribution < -0.4 is 10.3 Å². The first-order valence-corrected chi connectivity index (χ1v) is 17.1. The maximum Gasteiger partial charge on any atom is 0.414 e. The van der Waals surface area contributed by atoms with Crippen molar-refractivity contribution < 1.29 is 32.5 Å². The summed E-state index contributed by atoms with van der Waals surface area (Å²) in [6, 6.07) is 7.16. The first-order valence-electron chi connectivity index (χ1n) is 15.8. The number of ether oxygens (including phenoxy) is 2. The molecular formula is C34H36ClF3N4O5S. The topological polar surface area (TPSA) is 107 Å². The van der Waals surface area contributed by atoms with Crippen LogP contribution in [-0.4, -0.2) is 75.6 Å². The van der Waals surface area contributed by atoms with Crippen LogP contribution in [0, 0.1) is 19.8 Å². The molecular weight excluding hydrogens is 669 g/mol. The van der Waals surface area contributed by atoms with Crippen molar-refractivity contribution in [2.75, 3.05) is 26.8 Å². The number of halogens is 4. The number of fused-ring (bicyclic) bond motifs is 2. The van der Waals surface area contributed by atoms with E-state index in [0.29, 0.717) is 82.4 Å². The normalized spacial score (nSPS) is 18.2. The lowest BCUT2D eigenvalue weighted by molar-refractivity contribution is -0.232. The summed E-state index contributed by atoms with van der Waals surface area (Å²) in [4.78, 5) is 37.1. The molecule has 2 aliphatic rings. The lowest BCUT2D eigenvalue weighted by Crippen LogP contribution is -2.49. The van der Waals surface area contributed by atoms with Gasteiger partial charge in [0.1, 0.15) is 18.2 Å². The Morgan fingerprint density at radius 3 is 2.58 bits per heavy atom. The minimum atomic E-state index is -4.39. The van der Waals surface area contributed by atoms with Crippen LogP contribution in [0.25, 0.3) is 21.3 Å². The fourth-order valence-corrected chi connectivity index (χ4v) is 8.32. The zero-order chi connectivity index (χ0) is 34.3. The quantitative estimate of drug-likeness (QED) is 0.205. The smallest absolute Gasteiger partial charge is 0.414 e. The number of methoxy groups -OCH3 is 1. The van der Waals surface area contributed by atoms with Gasteiger partial charge in [-0.1, -0.05) is 11.6 Å². The lowest BCUT2D eigenvalue weighted by Gasteiger charge is -2.41. The number of aromatic carboxylic acids is 1. The summed E-state index contributed by atoms with van der Waals surface area (Å²) in [6.45, 7) is 5.05. The average Bonchev–Trinajstić information content (AvgIpc) is 3.47.